The number of amides is 1. The summed E-state index contributed by atoms with van der Waals surface area (Å²) in [4.78, 5) is 22.8. The molecule has 0 spiro atoms. The van der Waals surface area contributed by atoms with Gasteiger partial charge in [-0.3, -0.25) is 9.59 Å². The zero-order valence-electron chi connectivity index (χ0n) is 13.6. The monoisotopic (exact) mass is 327 g/mol. The van der Waals surface area contributed by atoms with E-state index in [2.05, 4.69) is 5.32 Å². The molecule has 5 heteroatoms. The first-order valence-corrected chi connectivity index (χ1v) is 7.84. The van der Waals surface area contributed by atoms with Crippen molar-refractivity contribution in [1.82, 2.24) is 0 Å². The number of hydrogen-bond acceptors (Lipinski definition) is 3. The Balaban J connectivity index is 1.77. The largest absolute Gasteiger partial charge is 0.494 e. The minimum atomic E-state index is -0.876. The van der Waals surface area contributed by atoms with Crippen LogP contribution in [0.1, 0.15) is 18.9 Å². The number of benzene rings is 2. The smallest absolute Gasteiger partial charge is 0.307 e. The Morgan fingerprint density at radius 1 is 1.08 bits per heavy atom. The fourth-order valence-corrected chi connectivity index (χ4v) is 2.15. The summed E-state index contributed by atoms with van der Waals surface area (Å²) in [5.74, 6) is -0.358. The molecule has 0 fully saturated rings. The highest BCUT2D eigenvalue weighted by molar-refractivity contribution is 5.92. The molecule has 0 aliphatic rings. The maximum atomic E-state index is 12.2. The van der Waals surface area contributed by atoms with Gasteiger partial charge in [-0.2, -0.15) is 0 Å². The van der Waals surface area contributed by atoms with Gasteiger partial charge in [0.15, 0.2) is 0 Å². The van der Waals surface area contributed by atoms with Crippen molar-refractivity contribution >= 4 is 17.6 Å². The van der Waals surface area contributed by atoms with Gasteiger partial charge in [0.05, 0.1) is 13.0 Å². The second-order valence-electron chi connectivity index (χ2n) is 5.61. The first kappa shape index (κ1) is 17.5. The number of rotatable bonds is 8. The van der Waals surface area contributed by atoms with Crippen LogP contribution in [-0.4, -0.2) is 23.6 Å². The Hall–Kier alpha value is -2.82. The number of nitrogens with one attached hydrogen (secondary N) is 1. The fraction of sp³-hybridized carbons (Fsp3) is 0.263. The van der Waals surface area contributed by atoms with Gasteiger partial charge in [-0.05, 0) is 36.2 Å². The van der Waals surface area contributed by atoms with Crippen molar-refractivity contribution in [2.45, 2.75) is 19.8 Å². The fourth-order valence-electron chi connectivity index (χ4n) is 2.15. The van der Waals surface area contributed by atoms with Crippen LogP contribution in [-0.2, 0) is 16.0 Å². The van der Waals surface area contributed by atoms with E-state index in [9.17, 15) is 9.59 Å². The second kappa shape index (κ2) is 8.72. The lowest BCUT2D eigenvalue weighted by Gasteiger charge is -2.13. The van der Waals surface area contributed by atoms with Crippen molar-refractivity contribution in [1.29, 1.82) is 0 Å². The van der Waals surface area contributed by atoms with E-state index in [1.807, 2.05) is 37.3 Å². The highest BCUT2D eigenvalue weighted by Crippen LogP contribution is 2.14. The third-order valence-corrected chi connectivity index (χ3v) is 3.59. The lowest BCUT2D eigenvalue weighted by Crippen LogP contribution is -2.22. The predicted molar refractivity (Wildman–Crippen MR) is 92.1 cm³/mol. The summed E-state index contributed by atoms with van der Waals surface area (Å²) in [6.45, 7) is 2.32. The predicted octanol–water partition coefficient (Wildman–Crippen LogP) is 3.36. The molecule has 1 amide bonds. The van der Waals surface area contributed by atoms with Gasteiger partial charge in [0, 0.05) is 11.6 Å². The summed E-state index contributed by atoms with van der Waals surface area (Å²) >= 11 is 0. The van der Waals surface area contributed by atoms with Crippen LogP contribution in [0.5, 0.6) is 5.75 Å². The Morgan fingerprint density at radius 3 is 2.38 bits per heavy atom. The van der Waals surface area contributed by atoms with Crippen LogP contribution < -0.4 is 10.1 Å². The number of carbonyl (C=O) groups is 2. The van der Waals surface area contributed by atoms with E-state index in [-0.39, 0.29) is 18.2 Å². The molecule has 2 rings (SSSR count). The number of carboxylic acid groups (broad SMARTS) is 1. The van der Waals surface area contributed by atoms with Crippen molar-refractivity contribution in [3.05, 3.63) is 60.2 Å². The van der Waals surface area contributed by atoms with Crippen molar-refractivity contribution in [2.24, 2.45) is 5.92 Å². The van der Waals surface area contributed by atoms with Crippen molar-refractivity contribution < 1.29 is 19.4 Å². The number of para-hydroxylation sites is 1. The van der Waals surface area contributed by atoms with E-state index in [1.165, 1.54) is 0 Å². The Labute approximate surface area is 141 Å². The molecule has 5 nitrogen and oxygen atoms in total. The first-order valence-electron chi connectivity index (χ1n) is 7.84. The van der Waals surface area contributed by atoms with Gasteiger partial charge in [-0.25, -0.2) is 0 Å². The molecule has 1 unspecified atom stereocenters. The standard InChI is InChI=1S/C19H21NO4/c1-14(11-12-24-17-5-3-2-4-6-17)19(23)20-16-9-7-15(8-10-16)13-18(21)22/h2-10,14H,11-13H2,1H3,(H,20,23)(H,21,22). The van der Waals surface area contributed by atoms with Gasteiger partial charge in [0.25, 0.3) is 0 Å². The summed E-state index contributed by atoms with van der Waals surface area (Å²) in [6, 6.07) is 16.3. The van der Waals surface area contributed by atoms with E-state index < -0.39 is 5.97 Å². The highest BCUT2D eigenvalue weighted by Gasteiger charge is 2.13. The van der Waals surface area contributed by atoms with Crippen LogP contribution in [0.15, 0.2) is 54.6 Å². The van der Waals surface area contributed by atoms with E-state index in [0.29, 0.717) is 24.3 Å². The number of anilines is 1. The number of hydrogen-bond donors (Lipinski definition) is 2. The topological polar surface area (TPSA) is 75.6 Å². The van der Waals surface area contributed by atoms with Crippen LogP contribution in [0, 0.1) is 5.92 Å². The molecule has 2 aromatic carbocycles. The highest BCUT2D eigenvalue weighted by atomic mass is 16.5. The number of carbonyl (C=O) groups excluding carboxylic acids is 1. The molecule has 1 atom stereocenters. The molecule has 24 heavy (non-hydrogen) atoms. The third-order valence-electron chi connectivity index (χ3n) is 3.59. The van der Waals surface area contributed by atoms with Gasteiger partial charge in [0.2, 0.25) is 5.91 Å². The van der Waals surface area contributed by atoms with E-state index in [0.717, 1.165) is 5.75 Å². The van der Waals surface area contributed by atoms with Crippen LogP contribution >= 0.6 is 0 Å². The van der Waals surface area contributed by atoms with Crippen molar-refractivity contribution in [3.63, 3.8) is 0 Å². The summed E-state index contributed by atoms with van der Waals surface area (Å²) in [5, 5.41) is 11.6. The lowest BCUT2D eigenvalue weighted by molar-refractivity contribution is -0.136. The SMILES string of the molecule is CC(CCOc1ccccc1)C(=O)Nc1ccc(CC(=O)O)cc1. The van der Waals surface area contributed by atoms with Gasteiger partial charge >= 0.3 is 5.97 Å². The maximum Gasteiger partial charge on any atom is 0.307 e. The minimum absolute atomic E-state index is 0.0263. The molecular weight excluding hydrogens is 306 g/mol. The average Bonchev–Trinajstić information content (AvgIpc) is 2.57. The van der Waals surface area contributed by atoms with Crippen LogP contribution in [0.4, 0.5) is 5.69 Å². The Morgan fingerprint density at radius 2 is 1.75 bits per heavy atom. The van der Waals surface area contributed by atoms with Gasteiger partial charge < -0.3 is 15.2 Å². The van der Waals surface area contributed by atoms with Crippen LogP contribution in [0.25, 0.3) is 0 Å². The quantitative estimate of drug-likeness (QED) is 0.779. The van der Waals surface area contributed by atoms with Gasteiger partial charge in [0.1, 0.15) is 5.75 Å². The molecule has 0 bridgehead atoms. The molecule has 0 saturated carbocycles. The normalized spacial score (nSPS) is 11.5. The van der Waals surface area contributed by atoms with Crippen LogP contribution in [0.3, 0.4) is 0 Å². The summed E-state index contributed by atoms with van der Waals surface area (Å²) < 4.78 is 5.59. The summed E-state index contributed by atoms with van der Waals surface area (Å²) in [7, 11) is 0. The zero-order valence-corrected chi connectivity index (χ0v) is 13.6. The zero-order chi connectivity index (χ0) is 17.4. The Bertz CT molecular complexity index is 668. The van der Waals surface area contributed by atoms with Crippen molar-refractivity contribution in [2.75, 3.05) is 11.9 Å². The first-order chi connectivity index (χ1) is 11.5. The van der Waals surface area contributed by atoms with Crippen LogP contribution in [0.2, 0.25) is 0 Å². The summed E-state index contributed by atoms with van der Waals surface area (Å²) in [5.41, 5.74) is 1.36. The van der Waals surface area contributed by atoms with Crippen molar-refractivity contribution in [3.8, 4) is 5.75 Å². The molecule has 2 N–H and O–H groups in total. The molecule has 0 aromatic heterocycles. The second-order valence-corrected chi connectivity index (χ2v) is 5.61. The average molecular weight is 327 g/mol. The molecule has 0 aliphatic heterocycles. The molecule has 126 valence electrons. The molecule has 0 radical (unpaired) electrons. The van der Waals surface area contributed by atoms with E-state index in [4.69, 9.17) is 9.84 Å². The van der Waals surface area contributed by atoms with E-state index >= 15 is 0 Å². The molecule has 0 heterocycles. The molecule has 2 aromatic rings. The number of ether oxygens (including phenoxy) is 1. The Kier molecular flexibility index (Phi) is 6.37. The molecular formula is C19H21NO4. The molecule has 0 saturated heterocycles. The van der Waals surface area contributed by atoms with Gasteiger partial charge in [-0.15, -0.1) is 0 Å². The lowest BCUT2D eigenvalue weighted by atomic mass is 10.1. The third kappa shape index (κ3) is 5.76. The minimum Gasteiger partial charge on any atom is -0.494 e. The number of carboxylic acids is 1. The van der Waals surface area contributed by atoms with Gasteiger partial charge in [-0.1, -0.05) is 37.3 Å². The summed E-state index contributed by atoms with van der Waals surface area (Å²) in [6.07, 6.45) is 0.583. The number of aliphatic carboxylic acids is 1. The van der Waals surface area contributed by atoms with E-state index in [1.54, 1.807) is 24.3 Å². The molecule has 0 aliphatic carbocycles. The maximum absolute atomic E-state index is 12.2.